The summed E-state index contributed by atoms with van der Waals surface area (Å²) < 4.78 is 0. The average molecular weight is 199 g/mol. The van der Waals surface area contributed by atoms with Crippen LogP contribution in [0.3, 0.4) is 0 Å². The van der Waals surface area contributed by atoms with Crippen molar-refractivity contribution in [2.75, 3.05) is 32.8 Å². The van der Waals surface area contributed by atoms with Gasteiger partial charge in [-0.05, 0) is 19.5 Å². The smallest absolute Gasteiger partial charge is 0.0966 e. The van der Waals surface area contributed by atoms with Gasteiger partial charge in [-0.1, -0.05) is 13.8 Å². The van der Waals surface area contributed by atoms with Crippen LogP contribution in [-0.2, 0) is 0 Å². The third-order valence-electron chi connectivity index (χ3n) is 2.29. The number of nitrogens with one attached hydrogen (secondary N) is 1. The molecule has 82 valence electrons. The van der Waals surface area contributed by atoms with E-state index in [2.05, 4.69) is 30.1 Å². The minimum atomic E-state index is -0.136. The summed E-state index contributed by atoms with van der Waals surface area (Å²) >= 11 is 0. The van der Waals surface area contributed by atoms with Gasteiger partial charge in [0.25, 0.3) is 0 Å². The zero-order valence-electron chi connectivity index (χ0n) is 9.16. The third kappa shape index (κ3) is 5.92. The van der Waals surface area contributed by atoms with Gasteiger partial charge in [-0.15, -0.1) is 0 Å². The summed E-state index contributed by atoms with van der Waals surface area (Å²) in [5.74, 6) is 0. The molecule has 0 saturated heterocycles. The Bertz CT molecular complexity index is 163. The summed E-state index contributed by atoms with van der Waals surface area (Å²) in [4.78, 5) is 2.28. The van der Waals surface area contributed by atoms with Crippen molar-refractivity contribution in [3.63, 3.8) is 0 Å². The summed E-state index contributed by atoms with van der Waals surface area (Å²) in [6.07, 6.45) is 0.818. The molecule has 2 N–H and O–H groups in total. The normalized spacial score (nSPS) is 12.8. The van der Waals surface area contributed by atoms with E-state index in [-0.39, 0.29) is 12.6 Å². The molecule has 0 aliphatic heterocycles. The van der Waals surface area contributed by atoms with Gasteiger partial charge in [-0.2, -0.15) is 5.26 Å². The van der Waals surface area contributed by atoms with Gasteiger partial charge in [0.1, 0.15) is 0 Å². The first kappa shape index (κ1) is 13.4. The topological polar surface area (TPSA) is 59.3 Å². The number of nitriles is 1. The quantitative estimate of drug-likeness (QED) is 0.586. The fourth-order valence-electron chi connectivity index (χ4n) is 1.30. The van der Waals surface area contributed by atoms with Gasteiger partial charge in [-0.25, -0.2) is 0 Å². The van der Waals surface area contributed by atoms with E-state index in [9.17, 15) is 0 Å². The molecule has 0 aromatic rings. The molecule has 0 aliphatic carbocycles. The Morgan fingerprint density at radius 1 is 1.43 bits per heavy atom. The molecule has 0 radical (unpaired) electrons. The van der Waals surface area contributed by atoms with Crippen molar-refractivity contribution < 1.29 is 5.11 Å². The molecule has 1 atom stereocenters. The maximum absolute atomic E-state index is 8.80. The number of hydrogen-bond donors (Lipinski definition) is 2. The molecule has 0 amide bonds. The number of rotatable bonds is 8. The minimum absolute atomic E-state index is 0.0868. The highest BCUT2D eigenvalue weighted by atomic mass is 16.3. The van der Waals surface area contributed by atoms with E-state index in [1.165, 1.54) is 0 Å². The van der Waals surface area contributed by atoms with Gasteiger partial charge in [0.15, 0.2) is 0 Å². The first-order chi connectivity index (χ1) is 6.78. The molecule has 0 saturated carbocycles. The van der Waals surface area contributed by atoms with Crippen LogP contribution in [0.5, 0.6) is 0 Å². The standard InChI is InChI=1S/C10H21N3O/c1-3-13(4-2)7-5-10(9-11)12-6-8-14/h10,12,14H,3-8H2,1-2H3. The van der Waals surface area contributed by atoms with Crippen LogP contribution in [0.2, 0.25) is 0 Å². The second-order valence-corrected chi connectivity index (χ2v) is 3.17. The second-order valence-electron chi connectivity index (χ2n) is 3.17. The van der Waals surface area contributed by atoms with Gasteiger partial charge in [0.2, 0.25) is 0 Å². The fraction of sp³-hybridized carbons (Fsp3) is 0.900. The maximum atomic E-state index is 8.80. The van der Waals surface area contributed by atoms with Gasteiger partial charge in [0, 0.05) is 13.1 Å². The zero-order valence-corrected chi connectivity index (χ0v) is 9.16. The molecule has 4 heteroatoms. The van der Waals surface area contributed by atoms with Crippen LogP contribution in [0.15, 0.2) is 0 Å². The molecular weight excluding hydrogens is 178 g/mol. The Balaban J connectivity index is 3.66. The Kier molecular flexibility index (Phi) is 8.54. The molecular formula is C10H21N3O. The van der Waals surface area contributed by atoms with E-state index in [1.807, 2.05) is 0 Å². The third-order valence-corrected chi connectivity index (χ3v) is 2.29. The zero-order chi connectivity index (χ0) is 10.8. The number of aliphatic hydroxyl groups is 1. The molecule has 0 bridgehead atoms. The van der Waals surface area contributed by atoms with Crippen molar-refractivity contribution in [2.24, 2.45) is 0 Å². The van der Waals surface area contributed by atoms with Crippen molar-refractivity contribution in [1.29, 1.82) is 5.26 Å². The summed E-state index contributed by atoms with van der Waals surface area (Å²) in [5, 5.41) is 20.4. The van der Waals surface area contributed by atoms with Crippen molar-refractivity contribution >= 4 is 0 Å². The molecule has 1 unspecified atom stereocenters. The fourth-order valence-corrected chi connectivity index (χ4v) is 1.30. The molecule has 0 aliphatic rings. The van der Waals surface area contributed by atoms with Crippen LogP contribution in [0.1, 0.15) is 20.3 Å². The lowest BCUT2D eigenvalue weighted by molar-refractivity contribution is 0.271. The molecule has 0 spiro atoms. The van der Waals surface area contributed by atoms with Gasteiger partial charge in [-0.3, -0.25) is 5.32 Å². The molecule has 0 rings (SSSR count). The molecule has 0 aromatic carbocycles. The summed E-state index contributed by atoms with van der Waals surface area (Å²) in [5.41, 5.74) is 0. The van der Waals surface area contributed by atoms with Gasteiger partial charge >= 0.3 is 0 Å². The van der Waals surface area contributed by atoms with Crippen molar-refractivity contribution in [3.8, 4) is 6.07 Å². The molecule has 0 fully saturated rings. The SMILES string of the molecule is CCN(CC)CCC(C#N)NCCO. The predicted molar refractivity (Wildman–Crippen MR) is 56.9 cm³/mol. The van der Waals surface area contributed by atoms with E-state index in [0.29, 0.717) is 6.54 Å². The summed E-state index contributed by atoms with van der Waals surface area (Å²) in [6, 6.07) is 2.06. The first-order valence-corrected chi connectivity index (χ1v) is 5.24. The monoisotopic (exact) mass is 199 g/mol. The predicted octanol–water partition coefficient (Wildman–Crippen LogP) is 0.192. The molecule has 14 heavy (non-hydrogen) atoms. The highest BCUT2D eigenvalue weighted by Gasteiger charge is 2.07. The van der Waals surface area contributed by atoms with Crippen LogP contribution in [0.4, 0.5) is 0 Å². The Hall–Kier alpha value is -0.630. The van der Waals surface area contributed by atoms with E-state index >= 15 is 0 Å². The Labute approximate surface area is 86.5 Å². The molecule has 0 aromatic heterocycles. The van der Waals surface area contributed by atoms with E-state index in [1.54, 1.807) is 0 Å². The number of aliphatic hydroxyl groups excluding tert-OH is 1. The number of nitrogens with zero attached hydrogens (tertiary/aromatic N) is 2. The van der Waals surface area contributed by atoms with Crippen molar-refractivity contribution in [1.82, 2.24) is 10.2 Å². The van der Waals surface area contributed by atoms with Crippen LogP contribution in [0.25, 0.3) is 0 Å². The van der Waals surface area contributed by atoms with Crippen LogP contribution < -0.4 is 5.32 Å². The van der Waals surface area contributed by atoms with Crippen LogP contribution >= 0.6 is 0 Å². The summed E-state index contributed by atoms with van der Waals surface area (Å²) in [7, 11) is 0. The highest BCUT2D eigenvalue weighted by molar-refractivity contribution is 4.89. The minimum Gasteiger partial charge on any atom is -0.395 e. The lowest BCUT2D eigenvalue weighted by Crippen LogP contribution is -2.34. The Morgan fingerprint density at radius 3 is 2.50 bits per heavy atom. The Morgan fingerprint density at radius 2 is 2.07 bits per heavy atom. The number of hydrogen-bond acceptors (Lipinski definition) is 4. The van der Waals surface area contributed by atoms with Gasteiger partial charge in [0.05, 0.1) is 18.7 Å². The lowest BCUT2D eigenvalue weighted by Gasteiger charge is -2.19. The van der Waals surface area contributed by atoms with Crippen molar-refractivity contribution in [3.05, 3.63) is 0 Å². The van der Waals surface area contributed by atoms with E-state index in [0.717, 1.165) is 26.1 Å². The van der Waals surface area contributed by atoms with Crippen LogP contribution in [-0.4, -0.2) is 48.8 Å². The van der Waals surface area contributed by atoms with E-state index < -0.39 is 0 Å². The molecule has 0 heterocycles. The van der Waals surface area contributed by atoms with Crippen molar-refractivity contribution in [2.45, 2.75) is 26.3 Å². The first-order valence-electron chi connectivity index (χ1n) is 5.24. The molecule has 4 nitrogen and oxygen atoms in total. The average Bonchev–Trinajstić information content (AvgIpc) is 2.23. The van der Waals surface area contributed by atoms with E-state index in [4.69, 9.17) is 10.4 Å². The summed E-state index contributed by atoms with van der Waals surface area (Å²) in [6.45, 7) is 7.80. The maximum Gasteiger partial charge on any atom is 0.0966 e. The second kappa shape index (κ2) is 8.95. The largest absolute Gasteiger partial charge is 0.395 e. The van der Waals surface area contributed by atoms with Gasteiger partial charge < -0.3 is 10.0 Å². The highest BCUT2D eigenvalue weighted by Crippen LogP contribution is 1.95. The van der Waals surface area contributed by atoms with Crippen LogP contribution in [0, 0.1) is 11.3 Å². The lowest BCUT2D eigenvalue weighted by atomic mass is 10.2.